The molecule has 2 rings (SSSR count). The van der Waals surface area contributed by atoms with Gasteiger partial charge in [0.1, 0.15) is 5.75 Å². The fraction of sp³-hybridized carbons (Fsp3) is 0.647. The van der Waals surface area contributed by atoms with Crippen LogP contribution in [0, 0.1) is 13.8 Å². The van der Waals surface area contributed by atoms with Gasteiger partial charge in [-0.2, -0.15) is 0 Å². The van der Waals surface area contributed by atoms with E-state index in [1.807, 2.05) is 0 Å². The number of ether oxygens (including phenoxy) is 1. The fourth-order valence-corrected chi connectivity index (χ4v) is 2.58. The second-order valence-corrected chi connectivity index (χ2v) is 6.66. The molecule has 1 N–H and O–H groups in total. The molecule has 0 atom stereocenters. The van der Waals surface area contributed by atoms with E-state index in [-0.39, 0.29) is 0 Å². The molecule has 0 spiro atoms. The number of hydrogen-bond donors (Lipinski definition) is 1. The highest BCUT2D eigenvalue weighted by molar-refractivity contribution is 9.10. The highest BCUT2D eigenvalue weighted by atomic mass is 79.9. The number of hydrogen-bond acceptors (Lipinski definition) is 2. The largest absolute Gasteiger partial charge is 0.494 e. The van der Waals surface area contributed by atoms with E-state index >= 15 is 0 Å². The Morgan fingerprint density at radius 1 is 1.10 bits per heavy atom. The van der Waals surface area contributed by atoms with Gasteiger partial charge in [0.15, 0.2) is 0 Å². The number of nitrogens with one attached hydrogen (secondary N) is 1. The Balaban J connectivity index is 1.54. The minimum absolute atomic E-state index is 0.830. The minimum atomic E-state index is 0.830. The first kappa shape index (κ1) is 15.8. The summed E-state index contributed by atoms with van der Waals surface area (Å²) in [6.45, 7) is 6.24. The first-order chi connectivity index (χ1) is 9.66. The molecule has 1 fully saturated rings. The van der Waals surface area contributed by atoms with Gasteiger partial charge in [-0.05, 0) is 69.3 Å². The highest BCUT2D eigenvalue weighted by Gasteiger charge is 2.19. The van der Waals surface area contributed by atoms with Gasteiger partial charge >= 0.3 is 0 Å². The lowest BCUT2D eigenvalue weighted by Crippen LogP contribution is -2.17. The predicted octanol–water partition coefficient (Wildman–Crippen LogP) is 4.76. The molecule has 0 radical (unpaired) electrons. The molecule has 0 heterocycles. The molecule has 1 aliphatic rings. The van der Waals surface area contributed by atoms with Crippen molar-refractivity contribution in [1.82, 2.24) is 5.32 Å². The van der Waals surface area contributed by atoms with Crippen molar-refractivity contribution in [3.8, 4) is 5.75 Å². The predicted molar refractivity (Wildman–Crippen MR) is 88.6 cm³/mol. The van der Waals surface area contributed by atoms with Crippen molar-refractivity contribution < 1.29 is 4.74 Å². The van der Waals surface area contributed by atoms with Crippen LogP contribution in [0.2, 0.25) is 0 Å². The SMILES string of the molecule is Cc1cc(OCCCCCCNC2CC2)cc(C)c1Br. The van der Waals surface area contributed by atoms with E-state index < -0.39 is 0 Å². The van der Waals surface area contributed by atoms with Crippen LogP contribution in [-0.4, -0.2) is 19.2 Å². The van der Waals surface area contributed by atoms with Crippen LogP contribution in [0.3, 0.4) is 0 Å². The van der Waals surface area contributed by atoms with Crippen LogP contribution in [-0.2, 0) is 0 Å². The third-order valence-corrected chi connectivity index (χ3v) is 5.01. The Bertz CT molecular complexity index is 406. The fourth-order valence-electron chi connectivity index (χ4n) is 2.35. The van der Waals surface area contributed by atoms with Crippen LogP contribution in [0.4, 0.5) is 0 Å². The minimum Gasteiger partial charge on any atom is -0.494 e. The Morgan fingerprint density at radius 3 is 2.40 bits per heavy atom. The molecule has 3 heteroatoms. The number of benzene rings is 1. The summed E-state index contributed by atoms with van der Waals surface area (Å²) in [6.07, 6.45) is 7.80. The maximum atomic E-state index is 5.84. The maximum Gasteiger partial charge on any atom is 0.119 e. The Labute approximate surface area is 131 Å². The quantitative estimate of drug-likeness (QED) is 0.655. The van der Waals surface area contributed by atoms with Gasteiger partial charge in [-0.3, -0.25) is 0 Å². The van der Waals surface area contributed by atoms with Crippen molar-refractivity contribution in [2.24, 2.45) is 0 Å². The monoisotopic (exact) mass is 339 g/mol. The third kappa shape index (κ3) is 5.45. The van der Waals surface area contributed by atoms with E-state index in [0.29, 0.717) is 0 Å². The summed E-state index contributed by atoms with van der Waals surface area (Å²) in [4.78, 5) is 0. The molecular formula is C17H26BrNO. The van der Waals surface area contributed by atoms with Gasteiger partial charge in [-0.15, -0.1) is 0 Å². The topological polar surface area (TPSA) is 21.3 Å². The van der Waals surface area contributed by atoms with E-state index in [1.54, 1.807) is 0 Å². The van der Waals surface area contributed by atoms with Gasteiger partial charge in [0.2, 0.25) is 0 Å². The van der Waals surface area contributed by atoms with E-state index in [2.05, 4.69) is 47.2 Å². The lowest BCUT2D eigenvalue weighted by molar-refractivity contribution is 0.304. The van der Waals surface area contributed by atoms with E-state index in [0.717, 1.165) is 24.8 Å². The molecule has 0 aromatic heterocycles. The molecule has 20 heavy (non-hydrogen) atoms. The van der Waals surface area contributed by atoms with Crippen LogP contribution in [0.25, 0.3) is 0 Å². The number of aryl methyl sites for hydroxylation is 2. The molecule has 1 saturated carbocycles. The Kier molecular flexibility index (Phi) is 6.37. The standard InChI is InChI=1S/C17H26BrNO/c1-13-11-16(12-14(2)17(13)18)20-10-6-4-3-5-9-19-15-7-8-15/h11-12,15,19H,3-10H2,1-2H3. The van der Waals surface area contributed by atoms with Crippen LogP contribution < -0.4 is 10.1 Å². The molecule has 112 valence electrons. The average Bonchev–Trinajstić information content (AvgIpc) is 3.23. The summed E-state index contributed by atoms with van der Waals surface area (Å²) >= 11 is 3.58. The van der Waals surface area contributed by atoms with Gasteiger partial charge in [-0.25, -0.2) is 0 Å². The van der Waals surface area contributed by atoms with E-state index in [1.165, 1.54) is 54.2 Å². The zero-order valence-corrected chi connectivity index (χ0v) is 14.3. The van der Waals surface area contributed by atoms with Crippen LogP contribution in [0.15, 0.2) is 16.6 Å². The van der Waals surface area contributed by atoms with Gasteiger partial charge in [0, 0.05) is 10.5 Å². The summed E-state index contributed by atoms with van der Waals surface area (Å²) in [5.41, 5.74) is 2.48. The van der Waals surface area contributed by atoms with Crippen LogP contribution in [0.5, 0.6) is 5.75 Å². The lowest BCUT2D eigenvalue weighted by Gasteiger charge is -2.10. The molecular weight excluding hydrogens is 314 g/mol. The number of unbranched alkanes of at least 4 members (excludes halogenated alkanes) is 3. The van der Waals surface area contributed by atoms with Crippen molar-refractivity contribution in [3.63, 3.8) is 0 Å². The van der Waals surface area contributed by atoms with Gasteiger partial charge in [0.25, 0.3) is 0 Å². The molecule has 1 aromatic carbocycles. The van der Waals surface area contributed by atoms with Crippen LogP contribution >= 0.6 is 15.9 Å². The van der Waals surface area contributed by atoms with Crippen molar-refractivity contribution in [3.05, 3.63) is 27.7 Å². The second-order valence-electron chi connectivity index (χ2n) is 5.86. The molecule has 0 bridgehead atoms. The maximum absolute atomic E-state index is 5.84. The third-order valence-electron chi connectivity index (χ3n) is 3.76. The van der Waals surface area contributed by atoms with Gasteiger partial charge < -0.3 is 10.1 Å². The molecule has 0 saturated heterocycles. The molecule has 0 unspecified atom stereocenters. The second kappa shape index (κ2) is 8.04. The Hall–Kier alpha value is -0.540. The van der Waals surface area contributed by atoms with Gasteiger partial charge in [0.05, 0.1) is 6.61 Å². The molecule has 0 aliphatic heterocycles. The zero-order valence-electron chi connectivity index (χ0n) is 12.7. The Morgan fingerprint density at radius 2 is 1.75 bits per heavy atom. The summed E-state index contributed by atoms with van der Waals surface area (Å²) in [5, 5.41) is 3.56. The smallest absolute Gasteiger partial charge is 0.119 e. The summed E-state index contributed by atoms with van der Waals surface area (Å²) in [6, 6.07) is 5.06. The van der Waals surface area contributed by atoms with Crippen molar-refractivity contribution >= 4 is 15.9 Å². The summed E-state index contributed by atoms with van der Waals surface area (Å²) in [7, 11) is 0. The van der Waals surface area contributed by atoms with Gasteiger partial charge in [-0.1, -0.05) is 28.8 Å². The van der Waals surface area contributed by atoms with E-state index in [9.17, 15) is 0 Å². The van der Waals surface area contributed by atoms with E-state index in [4.69, 9.17) is 4.74 Å². The van der Waals surface area contributed by atoms with Crippen LogP contribution in [0.1, 0.15) is 49.7 Å². The summed E-state index contributed by atoms with van der Waals surface area (Å²) < 4.78 is 7.03. The number of halogens is 1. The molecule has 2 nitrogen and oxygen atoms in total. The number of rotatable bonds is 9. The van der Waals surface area contributed by atoms with Crippen molar-refractivity contribution in [2.75, 3.05) is 13.2 Å². The van der Waals surface area contributed by atoms with Crippen molar-refractivity contribution in [2.45, 2.75) is 58.4 Å². The lowest BCUT2D eigenvalue weighted by atomic mass is 10.1. The first-order valence-electron chi connectivity index (χ1n) is 7.80. The highest BCUT2D eigenvalue weighted by Crippen LogP contribution is 2.26. The molecule has 0 amide bonds. The molecule has 1 aliphatic carbocycles. The average molecular weight is 340 g/mol. The summed E-state index contributed by atoms with van der Waals surface area (Å²) in [5.74, 6) is 0.999. The van der Waals surface area contributed by atoms with Crippen molar-refractivity contribution in [1.29, 1.82) is 0 Å². The zero-order chi connectivity index (χ0) is 14.4. The normalized spacial score (nSPS) is 14.6. The first-order valence-corrected chi connectivity index (χ1v) is 8.59. The molecule has 1 aromatic rings.